The van der Waals surface area contributed by atoms with Crippen molar-refractivity contribution < 1.29 is 10.2 Å². The van der Waals surface area contributed by atoms with Crippen molar-refractivity contribution in [1.82, 2.24) is 0 Å². The van der Waals surface area contributed by atoms with Crippen molar-refractivity contribution in [1.29, 1.82) is 0 Å². The second-order valence-electron chi connectivity index (χ2n) is 1.73. The van der Waals surface area contributed by atoms with Gasteiger partial charge < -0.3 is 5.11 Å². The fraction of sp³-hybridized carbons (Fsp3) is 0.333. The molecule has 43 valence electrons. The first-order chi connectivity index (χ1) is 3.80. The first kappa shape index (κ1) is 5.54. The van der Waals surface area contributed by atoms with E-state index >= 15 is 0 Å². The summed E-state index contributed by atoms with van der Waals surface area (Å²) in [5.74, 6) is 0. The molecular formula is C6H7O2. The third-order valence-corrected chi connectivity index (χ3v) is 1.06. The summed E-state index contributed by atoms with van der Waals surface area (Å²) in [6.45, 7) is 0. The number of hydrogen-bond acceptors (Lipinski definition) is 1. The lowest BCUT2D eigenvalue weighted by atomic mass is 10.1. The standard InChI is InChI=1S/C6H7O2/c7-5-3-1-2-4-6(5)8/h1-7H/t5-,6+/m1/s1. The Morgan fingerprint density at radius 1 is 1.25 bits per heavy atom. The van der Waals surface area contributed by atoms with E-state index in [0.29, 0.717) is 0 Å². The van der Waals surface area contributed by atoms with Gasteiger partial charge in [-0.05, 0) is 6.08 Å². The summed E-state index contributed by atoms with van der Waals surface area (Å²) >= 11 is 0. The minimum atomic E-state index is -0.958. The van der Waals surface area contributed by atoms with Gasteiger partial charge in [-0.2, -0.15) is 0 Å². The quantitative estimate of drug-likeness (QED) is 0.479. The summed E-state index contributed by atoms with van der Waals surface area (Å²) in [5.41, 5.74) is 0. The first-order valence-corrected chi connectivity index (χ1v) is 2.49. The Balaban J connectivity index is 2.59. The van der Waals surface area contributed by atoms with Crippen LogP contribution in [0.5, 0.6) is 0 Å². The third kappa shape index (κ3) is 0.967. The van der Waals surface area contributed by atoms with Crippen LogP contribution < -0.4 is 0 Å². The van der Waals surface area contributed by atoms with Crippen molar-refractivity contribution in [2.24, 2.45) is 0 Å². The molecule has 2 heteroatoms. The van der Waals surface area contributed by atoms with Crippen LogP contribution in [0.4, 0.5) is 0 Å². The molecule has 8 heavy (non-hydrogen) atoms. The molecular weight excluding hydrogens is 104 g/mol. The fourth-order valence-corrected chi connectivity index (χ4v) is 0.575. The summed E-state index contributed by atoms with van der Waals surface area (Å²) in [6, 6.07) is 0. The van der Waals surface area contributed by atoms with Crippen LogP contribution in [0.3, 0.4) is 0 Å². The highest BCUT2D eigenvalue weighted by Crippen LogP contribution is 2.03. The fourth-order valence-electron chi connectivity index (χ4n) is 0.575. The predicted molar refractivity (Wildman–Crippen MR) is 28.8 cm³/mol. The SMILES string of the molecule is [O][C@H]1C=CC=C[C@H]1O. The van der Waals surface area contributed by atoms with Crippen LogP contribution in [-0.2, 0) is 5.11 Å². The molecule has 0 saturated heterocycles. The maximum absolute atomic E-state index is 10.5. The molecule has 1 radical (unpaired) electrons. The average molecular weight is 111 g/mol. The number of allylic oxidation sites excluding steroid dienone is 2. The molecule has 0 unspecified atom stereocenters. The Labute approximate surface area is 47.8 Å². The van der Waals surface area contributed by atoms with E-state index in [9.17, 15) is 5.11 Å². The number of aliphatic hydroxyl groups excluding tert-OH is 1. The Bertz CT molecular complexity index is 110. The zero-order valence-electron chi connectivity index (χ0n) is 4.32. The van der Waals surface area contributed by atoms with Crippen molar-refractivity contribution in [2.45, 2.75) is 12.2 Å². The van der Waals surface area contributed by atoms with E-state index in [0.717, 1.165) is 0 Å². The summed E-state index contributed by atoms with van der Waals surface area (Å²) in [4.78, 5) is 0. The van der Waals surface area contributed by atoms with E-state index < -0.39 is 12.2 Å². The van der Waals surface area contributed by atoms with E-state index in [1.54, 1.807) is 12.2 Å². The molecule has 0 spiro atoms. The molecule has 1 aliphatic rings. The molecule has 0 aromatic heterocycles. The second kappa shape index (κ2) is 2.11. The monoisotopic (exact) mass is 111 g/mol. The van der Waals surface area contributed by atoms with Crippen LogP contribution in [0.2, 0.25) is 0 Å². The van der Waals surface area contributed by atoms with Gasteiger partial charge in [0.15, 0.2) is 0 Å². The van der Waals surface area contributed by atoms with Crippen molar-refractivity contribution in [2.75, 3.05) is 0 Å². The summed E-state index contributed by atoms with van der Waals surface area (Å²) < 4.78 is 0. The van der Waals surface area contributed by atoms with Gasteiger partial charge in [-0.25, -0.2) is 5.11 Å². The van der Waals surface area contributed by atoms with E-state index in [4.69, 9.17) is 5.11 Å². The van der Waals surface area contributed by atoms with E-state index in [1.807, 2.05) is 0 Å². The number of rotatable bonds is 0. The molecule has 0 aliphatic heterocycles. The molecule has 0 bridgehead atoms. The summed E-state index contributed by atoms with van der Waals surface area (Å²) in [6.07, 6.45) is 4.45. The molecule has 0 fully saturated rings. The zero-order chi connectivity index (χ0) is 5.98. The maximum atomic E-state index is 10.5. The van der Waals surface area contributed by atoms with E-state index in [1.165, 1.54) is 12.2 Å². The maximum Gasteiger partial charge on any atom is 0.141 e. The lowest BCUT2D eigenvalue weighted by Crippen LogP contribution is -2.21. The van der Waals surface area contributed by atoms with Crippen molar-refractivity contribution in [3.05, 3.63) is 24.3 Å². The Hall–Kier alpha value is -0.600. The lowest BCUT2D eigenvalue weighted by molar-refractivity contribution is 0.0292. The Morgan fingerprint density at radius 3 is 2.25 bits per heavy atom. The van der Waals surface area contributed by atoms with Gasteiger partial charge in [0.25, 0.3) is 0 Å². The second-order valence-corrected chi connectivity index (χ2v) is 1.73. The van der Waals surface area contributed by atoms with Crippen molar-refractivity contribution in [3.63, 3.8) is 0 Å². The zero-order valence-corrected chi connectivity index (χ0v) is 4.32. The molecule has 0 saturated carbocycles. The van der Waals surface area contributed by atoms with Gasteiger partial charge in [0.1, 0.15) is 12.2 Å². The minimum absolute atomic E-state index is 0.819. The van der Waals surface area contributed by atoms with Crippen molar-refractivity contribution >= 4 is 0 Å². The molecule has 1 rings (SSSR count). The van der Waals surface area contributed by atoms with E-state index in [-0.39, 0.29) is 0 Å². The Kier molecular flexibility index (Phi) is 1.46. The highest BCUT2D eigenvalue weighted by atomic mass is 16.3. The summed E-state index contributed by atoms with van der Waals surface area (Å²) in [7, 11) is 0. The van der Waals surface area contributed by atoms with Crippen LogP contribution in [0, 0.1) is 0 Å². The van der Waals surface area contributed by atoms with Gasteiger partial charge >= 0.3 is 0 Å². The van der Waals surface area contributed by atoms with Crippen LogP contribution in [0.1, 0.15) is 0 Å². The van der Waals surface area contributed by atoms with Gasteiger partial charge in [0.05, 0.1) is 0 Å². The molecule has 0 aromatic carbocycles. The predicted octanol–water partition coefficient (Wildman–Crippen LogP) is 0.272. The smallest absolute Gasteiger partial charge is 0.141 e. The van der Waals surface area contributed by atoms with Gasteiger partial charge in [0.2, 0.25) is 0 Å². The van der Waals surface area contributed by atoms with Gasteiger partial charge in [-0.3, -0.25) is 0 Å². The lowest BCUT2D eigenvalue weighted by Gasteiger charge is -2.09. The van der Waals surface area contributed by atoms with Crippen LogP contribution >= 0.6 is 0 Å². The molecule has 1 N–H and O–H groups in total. The largest absolute Gasteiger partial charge is 0.386 e. The van der Waals surface area contributed by atoms with Gasteiger partial charge in [0, 0.05) is 0 Å². The molecule has 1 aliphatic carbocycles. The molecule has 0 aromatic rings. The molecule has 2 atom stereocenters. The third-order valence-electron chi connectivity index (χ3n) is 1.06. The highest BCUT2D eigenvalue weighted by Gasteiger charge is 2.12. The highest BCUT2D eigenvalue weighted by molar-refractivity contribution is 5.15. The van der Waals surface area contributed by atoms with Crippen LogP contribution in [0.25, 0.3) is 0 Å². The molecule has 0 amide bonds. The normalized spacial score (nSPS) is 35.8. The Morgan fingerprint density at radius 2 is 1.88 bits per heavy atom. The minimum Gasteiger partial charge on any atom is -0.386 e. The topological polar surface area (TPSA) is 40.1 Å². The van der Waals surface area contributed by atoms with E-state index in [2.05, 4.69) is 0 Å². The first-order valence-electron chi connectivity index (χ1n) is 2.49. The summed E-state index contributed by atoms with van der Waals surface area (Å²) in [5, 5.41) is 19.2. The average Bonchev–Trinajstić information content (AvgIpc) is 1.77. The van der Waals surface area contributed by atoms with Gasteiger partial charge in [-0.1, -0.05) is 18.2 Å². The van der Waals surface area contributed by atoms with Crippen molar-refractivity contribution in [3.8, 4) is 0 Å². The van der Waals surface area contributed by atoms with Gasteiger partial charge in [-0.15, -0.1) is 0 Å². The van der Waals surface area contributed by atoms with Crippen LogP contribution in [0.15, 0.2) is 24.3 Å². The molecule has 2 nitrogen and oxygen atoms in total. The number of aliphatic hydroxyl groups is 1. The molecule has 0 heterocycles. The number of hydrogen-bond donors (Lipinski definition) is 1. The van der Waals surface area contributed by atoms with Crippen LogP contribution in [-0.4, -0.2) is 17.3 Å².